The van der Waals surface area contributed by atoms with Crippen LogP contribution in [0.15, 0.2) is 47.7 Å². The highest BCUT2D eigenvalue weighted by Gasteiger charge is 2.40. The number of piperidine rings is 1. The summed E-state index contributed by atoms with van der Waals surface area (Å²) in [6, 6.07) is 7.60. The van der Waals surface area contributed by atoms with Gasteiger partial charge in [-0.15, -0.1) is 11.8 Å². The Labute approximate surface area is 206 Å². The zero-order valence-electron chi connectivity index (χ0n) is 18.0. The molecule has 2 aromatic heterocycles. The molecule has 2 aliphatic rings. The van der Waals surface area contributed by atoms with Gasteiger partial charge in [-0.1, -0.05) is 35.3 Å². The average molecular weight is 505 g/mol. The summed E-state index contributed by atoms with van der Waals surface area (Å²) in [5, 5.41) is 1.78. The van der Waals surface area contributed by atoms with Crippen molar-refractivity contribution in [3.05, 3.63) is 69.8 Å². The van der Waals surface area contributed by atoms with Crippen molar-refractivity contribution >= 4 is 51.6 Å². The first-order valence-electron chi connectivity index (χ1n) is 11.0. The third kappa shape index (κ3) is 4.63. The largest absolute Gasteiger partial charge is 0.337 e. The van der Waals surface area contributed by atoms with Crippen LogP contribution in [0.3, 0.4) is 0 Å². The molecule has 0 aliphatic carbocycles. The molecule has 9 heteroatoms. The van der Waals surface area contributed by atoms with E-state index >= 15 is 0 Å². The molecule has 1 amide bonds. The van der Waals surface area contributed by atoms with Crippen molar-refractivity contribution in [2.24, 2.45) is 4.99 Å². The molecule has 0 radical (unpaired) electrons. The molecule has 2 aliphatic heterocycles. The fourth-order valence-electron chi connectivity index (χ4n) is 4.72. The summed E-state index contributed by atoms with van der Waals surface area (Å²) in [6.07, 6.45) is 7.31. The summed E-state index contributed by atoms with van der Waals surface area (Å²) in [5.74, 6) is -0.254. The lowest BCUT2D eigenvalue weighted by atomic mass is 9.96. The predicted octanol–water partition coefficient (Wildman–Crippen LogP) is 5.98. The van der Waals surface area contributed by atoms with E-state index in [1.165, 1.54) is 12.1 Å². The standard InChI is InChI=1S/C24H23Cl2FN4OS/c1-14-28-21(22(33-14)15-5-7-17(27)8-6-15)24(32)31-9-3-2-4-19(31)11-18-13-30-12-16(25)10-20(26)23(30)29-18/h5-8,10,12-13,19,21-22H,2-4,9,11H2,1H3/t19-,21?,22?/m0/s1. The molecule has 5 rings (SSSR count). The van der Waals surface area contributed by atoms with Crippen molar-refractivity contribution in [3.8, 4) is 0 Å². The number of hydrogen-bond donors (Lipinski definition) is 0. The van der Waals surface area contributed by atoms with Crippen LogP contribution in [0.5, 0.6) is 0 Å². The Morgan fingerprint density at radius 1 is 1.21 bits per heavy atom. The molecule has 0 saturated carbocycles. The minimum atomic E-state index is -0.504. The maximum atomic E-state index is 13.7. The zero-order chi connectivity index (χ0) is 23.1. The number of amides is 1. The Morgan fingerprint density at radius 3 is 2.79 bits per heavy atom. The van der Waals surface area contributed by atoms with Gasteiger partial charge in [0, 0.05) is 31.4 Å². The van der Waals surface area contributed by atoms with Crippen molar-refractivity contribution in [1.29, 1.82) is 0 Å². The number of hydrogen-bond acceptors (Lipinski definition) is 4. The van der Waals surface area contributed by atoms with Crippen LogP contribution in [0.1, 0.15) is 42.7 Å². The lowest BCUT2D eigenvalue weighted by Gasteiger charge is -2.37. The summed E-state index contributed by atoms with van der Waals surface area (Å²) < 4.78 is 15.3. The SMILES string of the molecule is CC1=NC(C(=O)N2CCCC[C@H]2Cc2cn3cc(Cl)cc(Cl)c3n2)C(c2ccc(F)cc2)S1. The Kier molecular flexibility index (Phi) is 6.38. The number of rotatable bonds is 4. The van der Waals surface area contributed by atoms with Crippen LogP contribution in [0, 0.1) is 5.82 Å². The molecule has 0 bridgehead atoms. The molecular weight excluding hydrogens is 482 g/mol. The number of likely N-dealkylation sites (tertiary alicyclic amines) is 1. The number of carbonyl (C=O) groups excluding carboxylic acids is 1. The highest BCUT2D eigenvalue weighted by Crippen LogP contribution is 2.41. The smallest absolute Gasteiger partial charge is 0.249 e. The molecule has 5 nitrogen and oxygen atoms in total. The van der Waals surface area contributed by atoms with Crippen molar-refractivity contribution < 1.29 is 9.18 Å². The maximum absolute atomic E-state index is 13.7. The highest BCUT2D eigenvalue weighted by molar-refractivity contribution is 8.14. The highest BCUT2D eigenvalue weighted by atomic mass is 35.5. The van der Waals surface area contributed by atoms with Crippen molar-refractivity contribution in [2.75, 3.05) is 6.54 Å². The van der Waals surface area contributed by atoms with Gasteiger partial charge in [0.25, 0.3) is 0 Å². The second kappa shape index (κ2) is 9.28. The van der Waals surface area contributed by atoms with Gasteiger partial charge in [0.05, 0.1) is 26.0 Å². The monoisotopic (exact) mass is 504 g/mol. The van der Waals surface area contributed by atoms with Crippen LogP contribution in [0.25, 0.3) is 5.65 Å². The van der Waals surface area contributed by atoms with E-state index in [4.69, 9.17) is 23.2 Å². The molecule has 172 valence electrons. The predicted molar refractivity (Wildman–Crippen MR) is 132 cm³/mol. The van der Waals surface area contributed by atoms with Crippen molar-refractivity contribution in [3.63, 3.8) is 0 Å². The minimum Gasteiger partial charge on any atom is -0.337 e. The van der Waals surface area contributed by atoms with Crippen molar-refractivity contribution in [1.82, 2.24) is 14.3 Å². The summed E-state index contributed by atoms with van der Waals surface area (Å²) in [7, 11) is 0. The van der Waals surface area contributed by atoms with Crippen molar-refractivity contribution in [2.45, 2.75) is 49.9 Å². The second-order valence-electron chi connectivity index (χ2n) is 8.54. The number of carbonyl (C=O) groups is 1. The van der Waals surface area contributed by atoms with E-state index < -0.39 is 6.04 Å². The quantitative estimate of drug-likeness (QED) is 0.439. The fraction of sp³-hybridized carbons (Fsp3) is 0.375. The van der Waals surface area contributed by atoms with E-state index in [9.17, 15) is 9.18 Å². The van der Waals surface area contributed by atoms with Gasteiger partial charge < -0.3 is 9.30 Å². The molecular formula is C24H23Cl2FN4OS. The first-order chi connectivity index (χ1) is 15.9. The summed E-state index contributed by atoms with van der Waals surface area (Å²) in [6.45, 7) is 2.63. The van der Waals surface area contributed by atoms with Gasteiger partial charge in [0.1, 0.15) is 11.9 Å². The molecule has 3 atom stereocenters. The molecule has 3 aromatic rings. The normalized spacial score (nSPS) is 23.2. The summed E-state index contributed by atoms with van der Waals surface area (Å²) in [4.78, 5) is 25.1. The summed E-state index contributed by atoms with van der Waals surface area (Å²) in [5.41, 5.74) is 2.45. The van der Waals surface area contributed by atoms with E-state index in [2.05, 4.69) is 9.98 Å². The number of nitrogens with zero attached hydrogens (tertiary/aromatic N) is 4. The zero-order valence-corrected chi connectivity index (χ0v) is 20.4. The molecule has 33 heavy (non-hydrogen) atoms. The Morgan fingerprint density at radius 2 is 2.00 bits per heavy atom. The van der Waals surface area contributed by atoms with Gasteiger partial charge >= 0.3 is 0 Å². The van der Waals surface area contributed by atoms with Crippen LogP contribution in [0.2, 0.25) is 10.0 Å². The molecule has 0 N–H and O–H groups in total. The third-order valence-corrected chi connectivity index (χ3v) is 7.95. The van der Waals surface area contributed by atoms with Gasteiger partial charge in [-0.05, 0) is 49.9 Å². The first kappa shape index (κ1) is 22.7. The minimum absolute atomic E-state index is 0.0308. The Bertz CT molecular complexity index is 1230. The molecule has 1 saturated heterocycles. The lowest BCUT2D eigenvalue weighted by molar-refractivity contribution is -0.136. The van der Waals surface area contributed by atoms with Crippen LogP contribution in [-0.4, -0.2) is 43.9 Å². The number of aliphatic imine (C=N–C) groups is 1. The first-order valence-corrected chi connectivity index (χ1v) is 12.6. The van der Waals surface area contributed by atoms with Crippen LogP contribution < -0.4 is 0 Å². The Balaban J connectivity index is 1.39. The van der Waals surface area contributed by atoms with E-state index in [0.29, 0.717) is 28.7 Å². The van der Waals surface area contributed by atoms with E-state index in [0.717, 1.165) is 35.6 Å². The van der Waals surface area contributed by atoms with Gasteiger partial charge in [-0.3, -0.25) is 9.79 Å². The van der Waals surface area contributed by atoms with Gasteiger partial charge in [-0.2, -0.15) is 0 Å². The number of benzene rings is 1. The molecule has 0 spiro atoms. The lowest BCUT2D eigenvalue weighted by Crippen LogP contribution is -2.49. The number of imidazole rings is 1. The maximum Gasteiger partial charge on any atom is 0.249 e. The van der Waals surface area contributed by atoms with E-state index in [-0.39, 0.29) is 23.0 Å². The van der Waals surface area contributed by atoms with Gasteiger partial charge in [-0.25, -0.2) is 9.37 Å². The third-order valence-electron chi connectivity index (χ3n) is 6.23. The molecule has 4 heterocycles. The van der Waals surface area contributed by atoms with Crippen LogP contribution in [-0.2, 0) is 11.2 Å². The second-order valence-corrected chi connectivity index (χ2v) is 10.7. The molecule has 1 fully saturated rings. The van der Waals surface area contributed by atoms with Crippen LogP contribution in [0.4, 0.5) is 4.39 Å². The average Bonchev–Trinajstić information content (AvgIpc) is 3.37. The number of halogens is 3. The number of thioether (sulfide) groups is 1. The van der Waals surface area contributed by atoms with Gasteiger partial charge in [0.15, 0.2) is 5.65 Å². The van der Waals surface area contributed by atoms with Crippen LogP contribution >= 0.6 is 35.0 Å². The Hall–Kier alpha value is -2.09. The number of fused-ring (bicyclic) bond motifs is 1. The summed E-state index contributed by atoms with van der Waals surface area (Å²) >= 11 is 14.0. The topological polar surface area (TPSA) is 50.0 Å². The molecule has 2 unspecified atom stereocenters. The van der Waals surface area contributed by atoms with E-state index in [1.54, 1.807) is 36.2 Å². The molecule has 1 aromatic carbocycles. The van der Waals surface area contributed by atoms with E-state index in [1.807, 2.05) is 22.4 Å². The fourth-order valence-corrected chi connectivity index (χ4v) is 6.39. The number of aromatic nitrogens is 2. The van der Waals surface area contributed by atoms with Gasteiger partial charge in [0.2, 0.25) is 5.91 Å². The number of pyridine rings is 1.